The lowest BCUT2D eigenvalue weighted by Gasteiger charge is -2.13. The Morgan fingerprint density at radius 3 is 2.45 bits per heavy atom. The molecule has 0 atom stereocenters. The number of rotatable bonds is 8. The molecule has 2 amide bonds. The van der Waals surface area contributed by atoms with Crippen molar-refractivity contribution in [3.63, 3.8) is 0 Å². The summed E-state index contributed by atoms with van der Waals surface area (Å²) >= 11 is 0. The average Bonchev–Trinajstić information content (AvgIpc) is 2.79. The molecule has 2 aromatic carbocycles. The SMILES string of the molecule is COc1ccc(NS(=O)(=O)c2ccc(NC(=O)NCc3cccnc3)cc2)c(OC)c1. The van der Waals surface area contributed by atoms with Gasteiger partial charge in [0.05, 0.1) is 24.8 Å². The van der Waals surface area contributed by atoms with Crippen LogP contribution in [0.5, 0.6) is 11.5 Å². The van der Waals surface area contributed by atoms with Crippen LogP contribution in [0.25, 0.3) is 0 Å². The van der Waals surface area contributed by atoms with E-state index in [1.807, 2.05) is 6.07 Å². The topological polar surface area (TPSA) is 119 Å². The molecule has 3 N–H and O–H groups in total. The van der Waals surface area contributed by atoms with Crippen molar-refractivity contribution in [1.29, 1.82) is 0 Å². The van der Waals surface area contributed by atoms with Gasteiger partial charge in [-0.3, -0.25) is 9.71 Å². The number of aromatic nitrogens is 1. The van der Waals surface area contributed by atoms with Gasteiger partial charge in [-0.2, -0.15) is 0 Å². The second-order valence-electron chi connectivity index (χ2n) is 6.37. The van der Waals surface area contributed by atoms with E-state index < -0.39 is 16.1 Å². The molecular formula is C21H22N4O5S. The number of carbonyl (C=O) groups excluding carboxylic acids is 1. The van der Waals surface area contributed by atoms with Crippen molar-refractivity contribution in [2.24, 2.45) is 0 Å². The fourth-order valence-corrected chi connectivity index (χ4v) is 3.73. The summed E-state index contributed by atoms with van der Waals surface area (Å²) in [6, 6.07) is 13.8. The molecule has 0 radical (unpaired) electrons. The highest BCUT2D eigenvalue weighted by Gasteiger charge is 2.17. The number of benzene rings is 2. The van der Waals surface area contributed by atoms with Gasteiger partial charge in [-0.05, 0) is 48.0 Å². The van der Waals surface area contributed by atoms with Gasteiger partial charge in [0.2, 0.25) is 0 Å². The highest BCUT2D eigenvalue weighted by molar-refractivity contribution is 7.92. The molecule has 0 saturated heterocycles. The first-order chi connectivity index (χ1) is 14.9. The van der Waals surface area contributed by atoms with E-state index in [-0.39, 0.29) is 10.6 Å². The number of pyridine rings is 1. The Morgan fingerprint density at radius 2 is 1.81 bits per heavy atom. The number of sulfonamides is 1. The first kappa shape index (κ1) is 21.9. The lowest BCUT2D eigenvalue weighted by molar-refractivity contribution is 0.251. The van der Waals surface area contributed by atoms with Crippen molar-refractivity contribution in [2.75, 3.05) is 24.3 Å². The van der Waals surface area contributed by atoms with Gasteiger partial charge < -0.3 is 20.1 Å². The molecular weight excluding hydrogens is 420 g/mol. The minimum Gasteiger partial charge on any atom is -0.497 e. The van der Waals surface area contributed by atoms with Crippen molar-refractivity contribution in [1.82, 2.24) is 10.3 Å². The van der Waals surface area contributed by atoms with E-state index in [1.165, 1.54) is 38.5 Å². The highest BCUT2D eigenvalue weighted by Crippen LogP contribution is 2.31. The molecule has 10 heteroatoms. The maximum Gasteiger partial charge on any atom is 0.319 e. The van der Waals surface area contributed by atoms with Gasteiger partial charge in [0.1, 0.15) is 11.5 Å². The fraction of sp³-hybridized carbons (Fsp3) is 0.143. The largest absolute Gasteiger partial charge is 0.497 e. The van der Waals surface area contributed by atoms with E-state index in [4.69, 9.17) is 9.47 Å². The first-order valence-corrected chi connectivity index (χ1v) is 10.7. The Bertz CT molecular complexity index is 1140. The van der Waals surface area contributed by atoms with Crippen LogP contribution in [0.1, 0.15) is 5.56 Å². The van der Waals surface area contributed by atoms with Crippen molar-refractivity contribution >= 4 is 27.4 Å². The molecule has 0 aliphatic rings. The molecule has 3 rings (SSSR count). The number of nitrogens with one attached hydrogen (secondary N) is 3. The van der Waals surface area contributed by atoms with E-state index in [0.717, 1.165) is 5.56 Å². The Kier molecular flexibility index (Phi) is 6.93. The molecule has 0 aliphatic carbocycles. The van der Waals surface area contributed by atoms with Crippen molar-refractivity contribution in [3.05, 3.63) is 72.6 Å². The smallest absolute Gasteiger partial charge is 0.319 e. The quantitative estimate of drug-likeness (QED) is 0.493. The fourth-order valence-electron chi connectivity index (χ4n) is 2.66. The summed E-state index contributed by atoms with van der Waals surface area (Å²) in [6.45, 7) is 0.319. The molecule has 0 aliphatic heterocycles. The molecule has 9 nitrogen and oxygen atoms in total. The summed E-state index contributed by atoms with van der Waals surface area (Å²) in [7, 11) is -0.919. The third-order valence-corrected chi connectivity index (χ3v) is 5.63. The average molecular weight is 442 g/mol. The predicted molar refractivity (Wildman–Crippen MR) is 117 cm³/mol. The third kappa shape index (κ3) is 5.86. The van der Waals surface area contributed by atoms with Crippen LogP contribution in [0.3, 0.4) is 0 Å². The van der Waals surface area contributed by atoms with Crippen LogP contribution >= 0.6 is 0 Å². The molecule has 3 aromatic rings. The van der Waals surface area contributed by atoms with E-state index in [0.29, 0.717) is 23.7 Å². The minimum absolute atomic E-state index is 0.0340. The van der Waals surface area contributed by atoms with Crippen LogP contribution < -0.4 is 24.8 Å². The van der Waals surface area contributed by atoms with E-state index in [2.05, 4.69) is 20.3 Å². The number of hydrogen-bond acceptors (Lipinski definition) is 6. The number of methoxy groups -OCH3 is 2. The zero-order valence-electron chi connectivity index (χ0n) is 17.0. The van der Waals surface area contributed by atoms with Crippen LogP contribution in [-0.4, -0.2) is 33.7 Å². The van der Waals surface area contributed by atoms with Crippen molar-refractivity contribution in [2.45, 2.75) is 11.4 Å². The van der Waals surface area contributed by atoms with Crippen LogP contribution in [0, 0.1) is 0 Å². The van der Waals surface area contributed by atoms with E-state index >= 15 is 0 Å². The first-order valence-electron chi connectivity index (χ1n) is 9.20. The standard InChI is InChI=1S/C21H22N4O5S/c1-29-17-7-10-19(20(12-17)30-2)25-31(27,28)18-8-5-16(6-9-18)24-21(26)23-14-15-4-3-11-22-13-15/h3-13,25H,14H2,1-2H3,(H2,23,24,26). The van der Waals surface area contributed by atoms with Gasteiger partial charge in [-0.15, -0.1) is 0 Å². The number of ether oxygens (including phenoxy) is 2. The van der Waals surface area contributed by atoms with Gasteiger partial charge in [0, 0.05) is 30.7 Å². The van der Waals surface area contributed by atoms with Gasteiger partial charge >= 0.3 is 6.03 Å². The summed E-state index contributed by atoms with van der Waals surface area (Å²) < 4.78 is 38.3. The summed E-state index contributed by atoms with van der Waals surface area (Å²) in [4.78, 5) is 16.0. The molecule has 162 valence electrons. The summed E-state index contributed by atoms with van der Waals surface area (Å²) in [5.74, 6) is 0.864. The molecule has 0 bridgehead atoms. The second-order valence-corrected chi connectivity index (χ2v) is 8.05. The van der Waals surface area contributed by atoms with Crippen molar-refractivity contribution in [3.8, 4) is 11.5 Å². The Hall–Kier alpha value is -3.79. The second kappa shape index (κ2) is 9.81. The van der Waals surface area contributed by atoms with Gasteiger partial charge in [0.25, 0.3) is 10.0 Å². The van der Waals surface area contributed by atoms with Crippen LogP contribution in [0.4, 0.5) is 16.2 Å². The Balaban J connectivity index is 1.64. The number of carbonyl (C=O) groups is 1. The maximum absolute atomic E-state index is 12.7. The van der Waals surface area contributed by atoms with Gasteiger partial charge in [0.15, 0.2) is 0 Å². The monoisotopic (exact) mass is 442 g/mol. The molecule has 0 unspecified atom stereocenters. The molecule has 0 fully saturated rings. The van der Waals surface area contributed by atoms with E-state index in [9.17, 15) is 13.2 Å². The van der Waals surface area contributed by atoms with Crippen LogP contribution in [-0.2, 0) is 16.6 Å². The predicted octanol–water partition coefficient (Wildman–Crippen LogP) is 3.22. The Morgan fingerprint density at radius 1 is 1.03 bits per heavy atom. The molecule has 0 spiro atoms. The number of urea groups is 1. The minimum atomic E-state index is -3.86. The zero-order chi connectivity index (χ0) is 22.3. The Labute approximate surface area is 180 Å². The lowest BCUT2D eigenvalue weighted by Crippen LogP contribution is -2.28. The van der Waals surface area contributed by atoms with Gasteiger partial charge in [-0.25, -0.2) is 13.2 Å². The van der Waals surface area contributed by atoms with E-state index in [1.54, 1.807) is 36.7 Å². The normalized spacial score (nSPS) is 10.8. The molecule has 31 heavy (non-hydrogen) atoms. The molecule has 0 saturated carbocycles. The lowest BCUT2D eigenvalue weighted by atomic mass is 10.3. The summed E-state index contributed by atoms with van der Waals surface area (Å²) in [5.41, 5.74) is 1.59. The van der Waals surface area contributed by atoms with Crippen molar-refractivity contribution < 1.29 is 22.7 Å². The summed E-state index contributed by atoms with van der Waals surface area (Å²) in [5, 5.41) is 5.35. The number of amides is 2. The molecule has 1 aromatic heterocycles. The van der Waals surface area contributed by atoms with Crippen LogP contribution in [0.15, 0.2) is 71.9 Å². The number of nitrogens with zero attached hydrogens (tertiary/aromatic N) is 1. The maximum atomic E-state index is 12.7. The number of anilines is 2. The van der Waals surface area contributed by atoms with Crippen LogP contribution in [0.2, 0.25) is 0 Å². The van der Waals surface area contributed by atoms with Gasteiger partial charge in [-0.1, -0.05) is 6.07 Å². The third-order valence-electron chi connectivity index (χ3n) is 4.25. The summed E-state index contributed by atoms with van der Waals surface area (Å²) in [6.07, 6.45) is 3.31. The molecule has 1 heterocycles. The number of hydrogen-bond donors (Lipinski definition) is 3. The zero-order valence-corrected chi connectivity index (χ0v) is 17.8. The highest BCUT2D eigenvalue weighted by atomic mass is 32.2.